The molecular formula is C8H10Br4O2. The number of carbonyl (C=O) groups is 1. The Labute approximate surface area is 117 Å². The highest BCUT2D eigenvalue weighted by Gasteiger charge is 2.68. The van der Waals surface area contributed by atoms with Gasteiger partial charge in [0.15, 0.2) is 0 Å². The zero-order valence-corrected chi connectivity index (χ0v) is 13.9. The van der Waals surface area contributed by atoms with Gasteiger partial charge in [-0.3, -0.25) is 4.79 Å². The molecule has 0 heterocycles. The van der Waals surface area contributed by atoms with Crippen LogP contribution in [-0.4, -0.2) is 18.0 Å². The zero-order chi connectivity index (χ0) is 11.3. The largest absolute Gasteiger partial charge is 0.481 e. The number of carboxylic acid groups (broad SMARTS) is 1. The third-order valence-corrected chi connectivity index (χ3v) is 7.74. The third-order valence-electron chi connectivity index (χ3n) is 3.16. The minimum Gasteiger partial charge on any atom is -0.481 e. The van der Waals surface area contributed by atoms with Crippen molar-refractivity contribution < 1.29 is 9.90 Å². The maximum absolute atomic E-state index is 11.1. The second-order valence-corrected chi connectivity index (χ2v) is 11.8. The van der Waals surface area contributed by atoms with Crippen LogP contribution in [0.2, 0.25) is 0 Å². The first-order chi connectivity index (χ1) is 6.13. The average Bonchev–Trinajstić information content (AvgIpc) is 2.53. The summed E-state index contributed by atoms with van der Waals surface area (Å²) in [4.78, 5) is 11.1. The van der Waals surface area contributed by atoms with Gasteiger partial charge in [-0.25, -0.2) is 0 Å². The first kappa shape index (κ1) is 13.5. The van der Waals surface area contributed by atoms with E-state index in [1.807, 2.05) is 6.92 Å². The van der Waals surface area contributed by atoms with Gasteiger partial charge in [0.2, 0.25) is 0 Å². The molecule has 1 fully saturated rings. The quantitative estimate of drug-likeness (QED) is 0.638. The fourth-order valence-corrected chi connectivity index (χ4v) is 3.73. The van der Waals surface area contributed by atoms with Crippen LogP contribution in [0.5, 0.6) is 0 Å². The Bertz CT molecular complexity index is 263. The molecule has 0 amide bonds. The van der Waals surface area contributed by atoms with E-state index in [-0.39, 0.29) is 16.7 Å². The Morgan fingerprint density at radius 2 is 1.93 bits per heavy atom. The van der Waals surface area contributed by atoms with E-state index in [1.165, 1.54) is 0 Å². The molecular weight excluding hydrogens is 448 g/mol. The molecule has 1 N–H and O–H groups in total. The maximum Gasteiger partial charge on any atom is 0.309 e. The normalized spacial score (nSPS) is 39.3. The minimum atomic E-state index is -0.726. The Kier molecular flexibility index (Phi) is 3.85. The molecule has 14 heavy (non-hydrogen) atoms. The highest BCUT2D eigenvalue weighted by molar-refractivity contribution is 9.40. The van der Waals surface area contributed by atoms with Crippen LogP contribution in [0.3, 0.4) is 0 Å². The molecule has 0 aromatic heterocycles. The van der Waals surface area contributed by atoms with Gasteiger partial charge in [-0.05, 0) is 18.8 Å². The number of halogens is 4. The van der Waals surface area contributed by atoms with Gasteiger partial charge in [-0.1, -0.05) is 70.6 Å². The Balaban J connectivity index is 2.81. The molecule has 1 rings (SSSR count). The van der Waals surface area contributed by atoms with Gasteiger partial charge in [-0.2, -0.15) is 0 Å². The highest BCUT2D eigenvalue weighted by atomic mass is 80.0. The van der Waals surface area contributed by atoms with Crippen LogP contribution in [0.15, 0.2) is 0 Å². The van der Waals surface area contributed by atoms with E-state index >= 15 is 0 Å². The SMILES string of the molecule is CC1C(C(Br)C(Br)(Br)Br)C1(C)C(=O)O. The summed E-state index contributed by atoms with van der Waals surface area (Å²) in [5.74, 6) is -0.439. The number of alkyl halides is 4. The molecule has 2 nitrogen and oxygen atoms in total. The number of hydrogen-bond acceptors (Lipinski definition) is 1. The van der Waals surface area contributed by atoms with Crippen LogP contribution in [0.1, 0.15) is 13.8 Å². The second kappa shape index (κ2) is 4.00. The summed E-state index contributed by atoms with van der Waals surface area (Å²) in [5.41, 5.74) is -0.616. The van der Waals surface area contributed by atoms with Gasteiger partial charge in [-0.15, -0.1) is 0 Å². The van der Waals surface area contributed by atoms with Crippen molar-refractivity contribution in [1.29, 1.82) is 0 Å². The molecule has 1 aliphatic carbocycles. The van der Waals surface area contributed by atoms with E-state index in [0.717, 1.165) is 0 Å². The van der Waals surface area contributed by atoms with E-state index < -0.39 is 13.5 Å². The summed E-state index contributed by atoms with van der Waals surface area (Å²) in [5, 5.41) is 9.10. The standard InChI is InChI=1S/C8H10Br4O2/c1-3-4(5(9)8(10,11)12)7(3,2)6(13)14/h3-5H,1-2H3,(H,13,14). The van der Waals surface area contributed by atoms with Crippen LogP contribution in [0.25, 0.3) is 0 Å². The molecule has 0 aromatic carbocycles. The molecule has 0 radical (unpaired) electrons. The smallest absolute Gasteiger partial charge is 0.309 e. The van der Waals surface area contributed by atoms with E-state index in [9.17, 15) is 4.79 Å². The van der Waals surface area contributed by atoms with E-state index in [1.54, 1.807) is 6.92 Å². The summed E-state index contributed by atoms with van der Waals surface area (Å²) in [6, 6.07) is 0. The molecule has 6 heteroatoms. The van der Waals surface area contributed by atoms with Crippen LogP contribution in [-0.2, 0) is 4.79 Å². The van der Waals surface area contributed by atoms with Crippen molar-refractivity contribution in [1.82, 2.24) is 0 Å². The van der Waals surface area contributed by atoms with E-state index in [2.05, 4.69) is 63.7 Å². The summed E-state index contributed by atoms with van der Waals surface area (Å²) >= 11 is 13.7. The minimum absolute atomic E-state index is 0.0195. The molecule has 1 saturated carbocycles. The zero-order valence-electron chi connectivity index (χ0n) is 7.60. The van der Waals surface area contributed by atoms with Crippen molar-refractivity contribution in [2.24, 2.45) is 17.3 Å². The van der Waals surface area contributed by atoms with Crippen LogP contribution in [0, 0.1) is 17.3 Å². The average molecular weight is 458 g/mol. The lowest BCUT2D eigenvalue weighted by atomic mass is 10.1. The van der Waals surface area contributed by atoms with Crippen molar-refractivity contribution in [2.45, 2.75) is 20.8 Å². The molecule has 4 unspecified atom stereocenters. The summed E-state index contributed by atoms with van der Waals surface area (Å²) in [7, 11) is 0. The highest BCUT2D eigenvalue weighted by Crippen LogP contribution is 2.65. The lowest BCUT2D eigenvalue weighted by molar-refractivity contribution is -0.143. The van der Waals surface area contributed by atoms with Crippen molar-refractivity contribution >= 4 is 69.7 Å². The van der Waals surface area contributed by atoms with Gasteiger partial charge < -0.3 is 5.11 Å². The Morgan fingerprint density at radius 1 is 1.50 bits per heavy atom. The summed E-state index contributed by atoms with van der Waals surface area (Å²) < 4.78 is -0.445. The number of aliphatic carboxylic acids is 1. The van der Waals surface area contributed by atoms with E-state index in [4.69, 9.17) is 5.11 Å². The molecule has 82 valence electrons. The number of rotatable bonds is 2. The van der Waals surface area contributed by atoms with Crippen LogP contribution < -0.4 is 0 Å². The van der Waals surface area contributed by atoms with E-state index in [0.29, 0.717) is 0 Å². The van der Waals surface area contributed by atoms with Crippen LogP contribution >= 0.6 is 63.7 Å². The van der Waals surface area contributed by atoms with Crippen LogP contribution in [0.4, 0.5) is 0 Å². The fourth-order valence-electron chi connectivity index (χ4n) is 1.87. The first-order valence-electron chi connectivity index (χ1n) is 4.07. The molecule has 0 bridgehead atoms. The molecule has 0 saturated heterocycles. The van der Waals surface area contributed by atoms with Gasteiger partial charge in [0.1, 0.15) is 2.14 Å². The van der Waals surface area contributed by atoms with Gasteiger partial charge in [0, 0.05) is 0 Å². The fraction of sp³-hybridized carbons (Fsp3) is 0.875. The predicted octanol–water partition coefficient (Wildman–Crippen LogP) is 3.95. The molecule has 0 aliphatic heterocycles. The summed E-state index contributed by atoms with van der Waals surface area (Å²) in [6.45, 7) is 3.75. The van der Waals surface area contributed by atoms with Crippen molar-refractivity contribution in [3.63, 3.8) is 0 Å². The van der Waals surface area contributed by atoms with Crippen molar-refractivity contribution in [3.05, 3.63) is 0 Å². The Hall–Kier alpha value is 1.39. The van der Waals surface area contributed by atoms with Gasteiger partial charge >= 0.3 is 5.97 Å². The predicted molar refractivity (Wildman–Crippen MR) is 70.6 cm³/mol. The first-order valence-corrected chi connectivity index (χ1v) is 7.37. The van der Waals surface area contributed by atoms with Crippen molar-refractivity contribution in [3.8, 4) is 0 Å². The lowest BCUT2D eigenvalue weighted by Crippen LogP contribution is -2.25. The van der Waals surface area contributed by atoms with Crippen molar-refractivity contribution in [2.75, 3.05) is 0 Å². The van der Waals surface area contributed by atoms with Gasteiger partial charge in [0.05, 0.1) is 10.2 Å². The molecule has 0 aromatic rings. The topological polar surface area (TPSA) is 37.3 Å². The number of carboxylic acids is 1. The monoisotopic (exact) mass is 454 g/mol. The summed E-state index contributed by atoms with van der Waals surface area (Å²) in [6.07, 6.45) is 0. The Morgan fingerprint density at radius 3 is 2.14 bits per heavy atom. The second-order valence-electron chi connectivity index (χ2n) is 3.85. The number of hydrogen-bond donors (Lipinski definition) is 1. The lowest BCUT2D eigenvalue weighted by Gasteiger charge is -2.21. The molecule has 0 spiro atoms. The maximum atomic E-state index is 11.1. The molecule has 1 aliphatic rings. The third kappa shape index (κ3) is 2.09. The van der Waals surface area contributed by atoms with Gasteiger partial charge in [0.25, 0.3) is 0 Å². The molecule has 4 atom stereocenters.